The number of hydrogen-bond donors (Lipinski definition) is 3. The van der Waals surface area contributed by atoms with Crippen molar-refractivity contribution in [3.63, 3.8) is 0 Å². The molecule has 0 heterocycles. The third-order valence-corrected chi connectivity index (χ3v) is 1.55. The highest BCUT2D eigenvalue weighted by molar-refractivity contribution is 5.93. The number of carbonyl (C=O) groups excluding carboxylic acids is 1. The fourth-order valence-corrected chi connectivity index (χ4v) is 0.857. The zero-order valence-corrected chi connectivity index (χ0v) is 6.45. The number of carbonyl (C=O) groups is 1. The Kier molecular flexibility index (Phi) is 2.79. The average Bonchev–Trinajstić information content (AvgIpc) is 2.17. The number of rotatable bonds is 2. The van der Waals surface area contributed by atoms with Gasteiger partial charge in [-0.15, -0.1) is 0 Å². The SMILES string of the molecule is NCc1ccc(C(=O)NO)cc1. The molecule has 0 atom stereocenters. The second-order valence-electron chi connectivity index (χ2n) is 2.34. The van der Waals surface area contributed by atoms with E-state index in [0.717, 1.165) is 5.56 Å². The first-order valence-electron chi connectivity index (χ1n) is 3.51. The van der Waals surface area contributed by atoms with Crippen molar-refractivity contribution in [1.82, 2.24) is 5.48 Å². The van der Waals surface area contributed by atoms with Gasteiger partial charge in [-0.1, -0.05) is 12.1 Å². The zero-order chi connectivity index (χ0) is 8.97. The molecule has 0 spiro atoms. The molecule has 1 aromatic carbocycles. The van der Waals surface area contributed by atoms with E-state index in [1.807, 2.05) is 0 Å². The lowest BCUT2D eigenvalue weighted by Gasteiger charge is -1.99. The summed E-state index contributed by atoms with van der Waals surface area (Å²) in [6.07, 6.45) is 0. The van der Waals surface area contributed by atoms with Gasteiger partial charge in [-0.25, -0.2) is 5.48 Å². The molecule has 12 heavy (non-hydrogen) atoms. The number of nitrogens with one attached hydrogen (secondary N) is 1. The van der Waals surface area contributed by atoms with Crippen LogP contribution in [0.3, 0.4) is 0 Å². The quantitative estimate of drug-likeness (QED) is 0.436. The molecular formula is C8H10N2O2. The van der Waals surface area contributed by atoms with E-state index in [1.165, 1.54) is 0 Å². The Morgan fingerprint density at radius 3 is 2.42 bits per heavy atom. The van der Waals surface area contributed by atoms with Gasteiger partial charge in [0.05, 0.1) is 0 Å². The van der Waals surface area contributed by atoms with Crippen LogP contribution in [0.15, 0.2) is 24.3 Å². The Balaban J connectivity index is 2.84. The van der Waals surface area contributed by atoms with E-state index in [2.05, 4.69) is 0 Å². The van der Waals surface area contributed by atoms with Crippen LogP contribution in [0.2, 0.25) is 0 Å². The summed E-state index contributed by atoms with van der Waals surface area (Å²) < 4.78 is 0. The molecule has 1 rings (SSSR count). The summed E-state index contributed by atoms with van der Waals surface area (Å²) in [6, 6.07) is 6.69. The standard InChI is InChI=1S/C8H10N2O2/c9-5-6-1-3-7(4-2-6)8(11)10-12/h1-4,12H,5,9H2,(H,10,11). The van der Waals surface area contributed by atoms with Crippen LogP contribution in [0.5, 0.6) is 0 Å². The molecule has 64 valence electrons. The molecule has 1 amide bonds. The van der Waals surface area contributed by atoms with Gasteiger partial charge in [-0.3, -0.25) is 10.0 Å². The number of hydroxylamine groups is 1. The molecular weight excluding hydrogens is 156 g/mol. The smallest absolute Gasteiger partial charge is 0.274 e. The lowest BCUT2D eigenvalue weighted by molar-refractivity contribution is 0.0706. The summed E-state index contributed by atoms with van der Waals surface area (Å²) in [5, 5.41) is 8.29. The minimum Gasteiger partial charge on any atom is -0.326 e. The van der Waals surface area contributed by atoms with Crippen LogP contribution >= 0.6 is 0 Å². The van der Waals surface area contributed by atoms with Crippen molar-refractivity contribution in [2.75, 3.05) is 0 Å². The van der Waals surface area contributed by atoms with E-state index < -0.39 is 5.91 Å². The Morgan fingerprint density at radius 2 is 2.00 bits per heavy atom. The fraction of sp³-hybridized carbons (Fsp3) is 0.125. The molecule has 0 aliphatic heterocycles. The van der Waals surface area contributed by atoms with Crippen LogP contribution in [0, 0.1) is 0 Å². The van der Waals surface area contributed by atoms with E-state index in [1.54, 1.807) is 29.7 Å². The Morgan fingerprint density at radius 1 is 1.42 bits per heavy atom. The van der Waals surface area contributed by atoms with Crippen LogP contribution in [-0.2, 0) is 6.54 Å². The van der Waals surface area contributed by atoms with Crippen molar-refractivity contribution in [1.29, 1.82) is 0 Å². The summed E-state index contributed by atoms with van der Waals surface area (Å²) in [4.78, 5) is 10.8. The number of hydrogen-bond acceptors (Lipinski definition) is 3. The van der Waals surface area contributed by atoms with Gasteiger partial charge in [0.15, 0.2) is 0 Å². The van der Waals surface area contributed by atoms with E-state index in [0.29, 0.717) is 12.1 Å². The second kappa shape index (κ2) is 3.85. The highest BCUT2D eigenvalue weighted by Gasteiger charge is 2.01. The minimum absolute atomic E-state index is 0.412. The van der Waals surface area contributed by atoms with Crippen molar-refractivity contribution in [3.05, 3.63) is 35.4 Å². The Bertz CT molecular complexity index is 269. The predicted octanol–water partition coefficient (Wildman–Crippen LogP) is 0.264. The topological polar surface area (TPSA) is 75.4 Å². The lowest BCUT2D eigenvalue weighted by Crippen LogP contribution is -2.18. The van der Waals surface area contributed by atoms with E-state index in [9.17, 15) is 4.79 Å². The first-order chi connectivity index (χ1) is 5.77. The maximum absolute atomic E-state index is 10.8. The van der Waals surface area contributed by atoms with Gasteiger partial charge in [0.2, 0.25) is 0 Å². The Hall–Kier alpha value is -1.39. The van der Waals surface area contributed by atoms with E-state index >= 15 is 0 Å². The Labute approximate surface area is 70.0 Å². The molecule has 1 aromatic rings. The molecule has 0 fully saturated rings. The molecule has 4 heteroatoms. The van der Waals surface area contributed by atoms with Crippen LogP contribution in [-0.4, -0.2) is 11.1 Å². The van der Waals surface area contributed by atoms with E-state index in [-0.39, 0.29) is 0 Å². The summed E-state index contributed by atoms with van der Waals surface area (Å²) in [5.41, 5.74) is 8.27. The van der Waals surface area contributed by atoms with Crippen LogP contribution in [0.25, 0.3) is 0 Å². The first-order valence-corrected chi connectivity index (χ1v) is 3.51. The monoisotopic (exact) mass is 166 g/mol. The molecule has 0 radical (unpaired) electrons. The van der Waals surface area contributed by atoms with Gasteiger partial charge in [0.1, 0.15) is 0 Å². The predicted molar refractivity (Wildman–Crippen MR) is 43.6 cm³/mol. The second-order valence-corrected chi connectivity index (χ2v) is 2.34. The fourth-order valence-electron chi connectivity index (χ4n) is 0.857. The highest BCUT2D eigenvalue weighted by Crippen LogP contribution is 2.02. The van der Waals surface area contributed by atoms with Gasteiger partial charge < -0.3 is 5.73 Å². The van der Waals surface area contributed by atoms with Gasteiger partial charge in [0.25, 0.3) is 5.91 Å². The summed E-state index contributed by atoms with van der Waals surface area (Å²) in [7, 11) is 0. The van der Waals surface area contributed by atoms with Gasteiger partial charge in [-0.05, 0) is 17.7 Å². The van der Waals surface area contributed by atoms with Crippen molar-refractivity contribution >= 4 is 5.91 Å². The third kappa shape index (κ3) is 1.81. The molecule has 0 unspecified atom stereocenters. The number of nitrogens with two attached hydrogens (primary N) is 1. The minimum atomic E-state index is -0.515. The maximum Gasteiger partial charge on any atom is 0.274 e. The van der Waals surface area contributed by atoms with Crippen LogP contribution < -0.4 is 11.2 Å². The number of benzene rings is 1. The highest BCUT2D eigenvalue weighted by atomic mass is 16.5. The lowest BCUT2D eigenvalue weighted by atomic mass is 10.1. The van der Waals surface area contributed by atoms with Crippen LogP contribution in [0.4, 0.5) is 0 Å². The number of amides is 1. The molecule has 0 saturated heterocycles. The molecule has 0 saturated carbocycles. The van der Waals surface area contributed by atoms with Crippen LogP contribution in [0.1, 0.15) is 15.9 Å². The van der Waals surface area contributed by atoms with Crippen molar-refractivity contribution in [3.8, 4) is 0 Å². The molecule has 0 aromatic heterocycles. The normalized spacial score (nSPS) is 9.50. The van der Waals surface area contributed by atoms with E-state index in [4.69, 9.17) is 10.9 Å². The molecule has 0 bridgehead atoms. The molecule has 0 aliphatic carbocycles. The maximum atomic E-state index is 10.8. The van der Waals surface area contributed by atoms with Crippen molar-refractivity contribution < 1.29 is 10.0 Å². The van der Waals surface area contributed by atoms with Gasteiger partial charge in [0, 0.05) is 12.1 Å². The zero-order valence-electron chi connectivity index (χ0n) is 6.45. The van der Waals surface area contributed by atoms with Gasteiger partial charge in [-0.2, -0.15) is 0 Å². The largest absolute Gasteiger partial charge is 0.326 e. The summed E-state index contributed by atoms with van der Waals surface area (Å²) in [6.45, 7) is 0.445. The first kappa shape index (κ1) is 8.70. The average molecular weight is 166 g/mol. The third-order valence-electron chi connectivity index (χ3n) is 1.55. The summed E-state index contributed by atoms with van der Waals surface area (Å²) in [5.74, 6) is -0.515. The molecule has 0 aliphatic rings. The molecule has 4 nitrogen and oxygen atoms in total. The molecule has 4 N–H and O–H groups in total. The van der Waals surface area contributed by atoms with Crippen molar-refractivity contribution in [2.24, 2.45) is 5.73 Å². The van der Waals surface area contributed by atoms with Crippen molar-refractivity contribution in [2.45, 2.75) is 6.54 Å². The van der Waals surface area contributed by atoms with Gasteiger partial charge >= 0.3 is 0 Å². The summed E-state index contributed by atoms with van der Waals surface area (Å²) >= 11 is 0.